The molecule has 0 saturated heterocycles. The third kappa shape index (κ3) is 2.34. The fourth-order valence-corrected chi connectivity index (χ4v) is 4.99. The first-order valence-electron chi connectivity index (χ1n) is 7.60. The second-order valence-electron chi connectivity index (χ2n) is 5.70. The van der Waals surface area contributed by atoms with Crippen molar-refractivity contribution in [2.24, 2.45) is 0 Å². The van der Waals surface area contributed by atoms with Crippen molar-refractivity contribution in [2.75, 3.05) is 13.7 Å². The lowest BCUT2D eigenvalue weighted by Gasteiger charge is -2.26. The van der Waals surface area contributed by atoms with E-state index in [-0.39, 0.29) is 5.60 Å². The standard InChI is InChI=1S/C15H24N2OS/c1-3-18-15(9-4-5-10-15)14-17-12-8-6-7-11(16-2)13(12)19-14/h11,16H,3-10H2,1-2H3. The van der Waals surface area contributed by atoms with Crippen molar-refractivity contribution in [1.82, 2.24) is 10.3 Å². The normalized spacial score (nSPS) is 25.5. The Labute approximate surface area is 119 Å². The van der Waals surface area contributed by atoms with Crippen LogP contribution in [0.25, 0.3) is 0 Å². The third-order valence-electron chi connectivity index (χ3n) is 4.52. The number of nitrogens with zero attached hydrogens (tertiary/aromatic N) is 1. The molecule has 2 aliphatic carbocycles. The van der Waals surface area contributed by atoms with Crippen LogP contribution in [0.15, 0.2) is 0 Å². The van der Waals surface area contributed by atoms with Gasteiger partial charge in [0.1, 0.15) is 10.6 Å². The maximum atomic E-state index is 6.15. The second kappa shape index (κ2) is 5.51. The quantitative estimate of drug-likeness (QED) is 0.916. The molecule has 1 N–H and O–H groups in total. The summed E-state index contributed by atoms with van der Waals surface area (Å²) < 4.78 is 6.15. The lowest BCUT2D eigenvalue weighted by Crippen LogP contribution is -2.26. The molecule has 1 unspecified atom stereocenters. The van der Waals surface area contributed by atoms with Crippen LogP contribution in [-0.4, -0.2) is 18.6 Å². The van der Waals surface area contributed by atoms with Crippen molar-refractivity contribution in [3.05, 3.63) is 15.6 Å². The van der Waals surface area contributed by atoms with Gasteiger partial charge in [0.2, 0.25) is 0 Å². The highest BCUT2D eigenvalue weighted by Gasteiger charge is 2.40. The van der Waals surface area contributed by atoms with Crippen LogP contribution in [-0.2, 0) is 16.8 Å². The number of ether oxygens (including phenoxy) is 1. The Balaban J connectivity index is 1.94. The first-order chi connectivity index (χ1) is 9.29. The maximum Gasteiger partial charge on any atom is 0.125 e. The fourth-order valence-electron chi connectivity index (χ4n) is 3.53. The van der Waals surface area contributed by atoms with Crippen LogP contribution < -0.4 is 5.32 Å². The molecule has 0 aliphatic heterocycles. The molecule has 0 radical (unpaired) electrons. The van der Waals surface area contributed by atoms with E-state index >= 15 is 0 Å². The maximum absolute atomic E-state index is 6.15. The lowest BCUT2D eigenvalue weighted by atomic mass is 9.98. The molecule has 4 heteroatoms. The summed E-state index contributed by atoms with van der Waals surface area (Å²) in [5.74, 6) is 0. The molecule has 19 heavy (non-hydrogen) atoms. The minimum atomic E-state index is -0.0605. The molecule has 0 spiro atoms. The second-order valence-corrected chi connectivity index (χ2v) is 6.73. The summed E-state index contributed by atoms with van der Waals surface area (Å²) in [7, 11) is 2.06. The molecule has 0 aromatic carbocycles. The summed E-state index contributed by atoms with van der Waals surface area (Å²) in [5, 5.41) is 4.69. The van der Waals surface area contributed by atoms with Gasteiger partial charge in [0.15, 0.2) is 0 Å². The summed E-state index contributed by atoms with van der Waals surface area (Å²) in [6.45, 7) is 2.89. The molecule has 1 saturated carbocycles. The van der Waals surface area contributed by atoms with Crippen LogP contribution in [0.3, 0.4) is 0 Å². The van der Waals surface area contributed by atoms with Gasteiger partial charge in [-0.3, -0.25) is 0 Å². The number of rotatable bonds is 4. The van der Waals surface area contributed by atoms with Crippen molar-refractivity contribution in [1.29, 1.82) is 0 Å². The molecule has 1 heterocycles. The highest BCUT2D eigenvalue weighted by molar-refractivity contribution is 7.12. The van der Waals surface area contributed by atoms with E-state index < -0.39 is 0 Å². The molecule has 1 fully saturated rings. The molecule has 1 aromatic rings. The van der Waals surface area contributed by atoms with Crippen molar-refractivity contribution in [2.45, 2.75) is 63.5 Å². The monoisotopic (exact) mass is 280 g/mol. The van der Waals surface area contributed by atoms with Gasteiger partial charge in [0, 0.05) is 17.5 Å². The molecule has 2 aliphatic rings. The van der Waals surface area contributed by atoms with Gasteiger partial charge in [0.25, 0.3) is 0 Å². The van der Waals surface area contributed by atoms with Crippen molar-refractivity contribution in [3.8, 4) is 0 Å². The predicted octanol–water partition coefficient (Wildman–Crippen LogP) is 3.55. The van der Waals surface area contributed by atoms with Gasteiger partial charge in [-0.1, -0.05) is 12.8 Å². The van der Waals surface area contributed by atoms with Crippen LogP contribution in [0.1, 0.15) is 67.1 Å². The first kappa shape index (κ1) is 13.5. The molecule has 1 aromatic heterocycles. The zero-order valence-corrected chi connectivity index (χ0v) is 12.8. The van der Waals surface area contributed by atoms with Crippen molar-refractivity contribution in [3.63, 3.8) is 0 Å². The van der Waals surface area contributed by atoms with Gasteiger partial charge in [0.05, 0.1) is 5.69 Å². The Hall–Kier alpha value is -0.450. The van der Waals surface area contributed by atoms with Gasteiger partial charge in [-0.15, -0.1) is 11.3 Å². The molecule has 1 atom stereocenters. The van der Waals surface area contributed by atoms with Gasteiger partial charge in [-0.25, -0.2) is 4.98 Å². The SMILES string of the molecule is CCOC1(c2nc3c(s2)C(NC)CCC3)CCCC1. The summed E-state index contributed by atoms with van der Waals surface area (Å²) in [5.41, 5.74) is 1.27. The summed E-state index contributed by atoms with van der Waals surface area (Å²) in [6, 6.07) is 0.509. The minimum absolute atomic E-state index is 0.0605. The van der Waals surface area contributed by atoms with E-state index in [2.05, 4.69) is 19.3 Å². The van der Waals surface area contributed by atoms with Gasteiger partial charge >= 0.3 is 0 Å². The largest absolute Gasteiger partial charge is 0.368 e. The number of hydrogen-bond acceptors (Lipinski definition) is 4. The predicted molar refractivity (Wildman–Crippen MR) is 78.6 cm³/mol. The highest BCUT2D eigenvalue weighted by Crippen LogP contribution is 2.46. The topological polar surface area (TPSA) is 34.1 Å². The van der Waals surface area contributed by atoms with Crippen molar-refractivity contribution < 1.29 is 4.74 Å². The Morgan fingerprint density at radius 2 is 2.16 bits per heavy atom. The number of aryl methyl sites for hydroxylation is 1. The van der Waals surface area contributed by atoms with Gasteiger partial charge in [-0.2, -0.15) is 0 Å². The molecule has 106 valence electrons. The molecule has 0 bridgehead atoms. The fraction of sp³-hybridized carbons (Fsp3) is 0.800. The van der Waals surface area contributed by atoms with Crippen LogP contribution in [0, 0.1) is 0 Å². The number of hydrogen-bond donors (Lipinski definition) is 1. The first-order valence-corrected chi connectivity index (χ1v) is 8.42. The van der Waals surface area contributed by atoms with Gasteiger partial charge < -0.3 is 10.1 Å². The lowest BCUT2D eigenvalue weighted by molar-refractivity contribution is -0.0392. The Bertz CT molecular complexity index is 437. The minimum Gasteiger partial charge on any atom is -0.368 e. The zero-order valence-electron chi connectivity index (χ0n) is 12.0. The van der Waals surface area contributed by atoms with E-state index in [9.17, 15) is 0 Å². The summed E-state index contributed by atoms with van der Waals surface area (Å²) in [6.07, 6.45) is 8.50. The van der Waals surface area contributed by atoms with Crippen LogP contribution in [0.5, 0.6) is 0 Å². The van der Waals surface area contributed by atoms with E-state index in [4.69, 9.17) is 9.72 Å². The van der Waals surface area contributed by atoms with E-state index in [1.54, 1.807) is 0 Å². The van der Waals surface area contributed by atoms with Crippen LogP contribution in [0.4, 0.5) is 0 Å². The molecular weight excluding hydrogens is 256 g/mol. The molecule has 3 rings (SSSR count). The van der Waals surface area contributed by atoms with E-state index in [1.165, 1.54) is 41.3 Å². The van der Waals surface area contributed by atoms with E-state index in [0.29, 0.717) is 6.04 Å². The zero-order chi connectivity index (χ0) is 13.3. The van der Waals surface area contributed by atoms with Crippen LogP contribution >= 0.6 is 11.3 Å². The smallest absolute Gasteiger partial charge is 0.125 e. The highest BCUT2D eigenvalue weighted by atomic mass is 32.1. The Morgan fingerprint density at radius 3 is 2.84 bits per heavy atom. The number of thiazole rings is 1. The summed E-state index contributed by atoms with van der Waals surface area (Å²) in [4.78, 5) is 6.44. The number of fused-ring (bicyclic) bond motifs is 1. The molecule has 3 nitrogen and oxygen atoms in total. The van der Waals surface area contributed by atoms with E-state index in [0.717, 1.165) is 25.9 Å². The number of nitrogens with one attached hydrogen (secondary N) is 1. The Morgan fingerprint density at radius 1 is 1.37 bits per heavy atom. The average molecular weight is 280 g/mol. The van der Waals surface area contributed by atoms with Crippen molar-refractivity contribution >= 4 is 11.3 Å². The average Bonchev–Trinajstić information content (AvgIpc) is 3.05. The summed E-state index contributed by atoms with van der Waals surface area (Å²) >= 11 is 1.91. The third-order valence-corrected chi connectivity index (χ3v) is 5.92. The van der Waals surface area contributed by atoms with E-state index in [1.807, 2.05) is 11.3 Å². The van der Waals surface area contributed by atoms with Crippen LogP contribution in [0.2, 0.25) is 0 Å². The molecule has 0 amide bonds. The molecular formula is C15H24N2OS. The van der Waals surface area contributed by atoms with Gasteiger partial charge in [-0.05, 0) is 46.1 Å². The number of aromatic nitrogens is 1. The Kier molecular flexibility index (Phi) is 3.92.